The number of aliphatic hydroxyl groups is 1. The van der Waals surface area contributed by atoms with Crippen molar-refractivity contribution in [3.05, 3.63) is 58.4 Å². The minimum absolute atomic E-state index is 0.00408. The van der Waals surface area contributed by atoms with E-state index in [0.29, 0.717) is 27.6 Å². The first-order valence-corrected chi connectivity index (χ1v) is 6.82. The standard InChI is InChI=1S/C16H16ClFO3/c1-10(19)11-6-7-15(16(8-11)20-2)21-9-12-13(17)4-3-5-14(12)18/h3-8,10,19H,9H2,1-2H3. The van der Waals surface area contributed by atoms with E-state index in [1.54, 1.807) is 37.3 Å². The van der Waals surface area contributed by atoms with E-state index in [4.69, 9.17) is 21.1 Å². The van der Waals surface area contributed by atoms with E-state index in [1.807, 2.05) is 0 Å². The second-order valence-corrected chi connectivity index (χ2v) is 4.98. The number of hydrogen-bond acceptors (Lipinski definition) is 3. The molecule has 0 heterocycles. The van der Waals surface area contributed by atoms with E-state index in [2.05, 4.69) is 0 Å². The van der Waals surface area contributed by atoms with Crippen LogP contribution in [0.3, 0.4) is 0 Å². The van der Waals surface area contributed by atoms with E-state index < -0.39 is 11.9 Å². The molecule has 0 fully saturated rings. The topological polar surface area (TPSA) is 38.7 Å². The maximum atomic E-state index is 13.7. The summed E-state index contributed by atoms with van der Waals surface area (Å²) in [6.07, 6.45) is -0.603. The van der Waals surface area contributed by atoms with Gasteiger partial charge in [0.1, 0.15) is 12.4 Å². The molecule has 0 saturated carbocycles. The van der Waals surface area contributed by atoms with E-state index in [-0.39, 0.29) is 6.61 Å². The minimum Gasteiger partial charge on any atom is -0.493 e. The van der Waals surface area contributed by atoms with Crippen LogP contribution in [-0.4, -0.2) is 12.2 Å². The quantitative estimate of drug-likeness (QED) is 0.903. The molecule has 0 radical (unpaired) electrons. The van der Waals surface area contributed by atoms with Crippen LogP contribution in [0.2, 0.25) is 5.02 Å². The Labute approximate surface area is 127 Å². The molecule has 1 unspecified atom stereocenters. The van der Waals surface area contributed by atoms with E-state index in [1.165, 1.54) is 13.2 Å². The lowest BCUT2D eigenvalue weighted by molar-refractivity contribution is 0.198. The molecule has 0 aliphatic rings. The van der Waals surface area contributed by atoms with Crippen molar-refractivity contribution in [2.45, 2.75) is 19.6 Å². The fraction of sp³-hybridized carbons (Fsp3) is 0.250. The minimum atomic E-state index is -0.603. The lowest BCUT2D eigenvalue weighted by Crippen LogP contribution is -2.02. The van der Waals surface area contributed by atoms with Gasteiger partial charge in [-0.3, -0.25) is 0 Å². The van der Waals surface area contributed by atoms with Gasteiger partial charge in [-0.25, -0.2) is 4.39 Å². The highest BCUT2D eigenvalue weighted by atomic mass is 35.5. The van der Waals surface area contributed by atoms with Crippen LogP contribution in [0.1, 0.15) is 24.2 Å². The van der Waals surface area contributed by atoms with Gasteiger partial charge in [-0.05, 0) is 36.8 Å². The molecule has 1 atom stereocenters. The van der Waals surface area contributed by atoms with Crippen LogP contribution < -0.4 is 9.47 Å². The Bertz CT molecular complexity index is 609. The third-order valence-electron chi connectivity index (χ3n) is 3.10. The summed E-state index contributed by atoms with van der Waals surface area (Å²) in [6, 6.07) is 9.57. The normalized spacial score (nSPS) is 12.0. The zero-order valence-electron chi connectivity index (χ0n) is 11.8. The Morgan fingerprint density at radius 3 is 2.62 bits per heavy atom. The van der Waals surface area contributed by atoms with Crippen molar-refractivity contribution in [2.24, 2.45) is 0 Å². The SMILES string of the molecule is COc1cc(C(C)O)ccc1OCc1c(F)cccc1Cl. The summed E-state index contributed by atoms with van der Waals surface area (Å²) >= 11 is 5.95. The molecule has 2 rings (SSSR count). The molecular weight excluding hydrogens is 295 g/mol. The molecule has 0 amide bonds. The molecule has 3 nitrogen and oxygen atoms in total. The number of benzene rings is 2. The van der Waals surface area contributed by atoms with Crippen molar-refractivity contribution < 1.29 is 19.0 Å². The first-order chi connectivity index (χ1) is 10.0. The van der Waals surface area contributed by atoms with Crippen LogP contribution in [0, 0.1) is 5.82 Å². The van der Waals surface area contributed by atoms with Gasteiger partial charge in [0, 0.05) is 5.56 Å². The molecule has 2 aromatic rings. The lowest BCUT2D eigenvalue weighted by Gasteiger charge is -2.14. The fourth-order valence-corrected chi connectivity index (χ4v) is 2.10. The van der Waals surface area contributed by atoms with Crippen molar-refractivity contribution in [3.63, 3.8) is 0 Å². The van der Waals surface area contributed by atoms with Gasteiger partial charge in [0.25, 0.3) is 0 Å². The van der Waals surface area contributed by atoms with Crippen LogP contribution in [0.4, 0.5) is 4.39 Å². The zero-order chi connectivity index (χ0) is 15.4. The molecule has 112 valence electrons. The summed E-state index contributed by atoms with van der Waals surface area (Å²) in [7, 11) is 1.50. The molecule has 5 heteroatoms. The number of aliphatic hydroxyl groups excluding tert-OH is 1. The van der Waals surface area contributed by atoms with Gasteiger partial charge in [0.2, 0.25) is 0 Å². The Balaban J connectivity index is 2.20. The average Bonchev–Trinajstić information content (AvgIpc) is 2.46. The monoisotopic (exact) mass is 310 g/mol. The molecular formula is C16H16ClFO3. The van der Waals surface area contributed by atoms with Crippen LogP contribution in [-0.2, 0) is 6.61 Å². The number of hydrogen-bond donors (Lipinski definition) is 1. The third kappa shape index (κ3) is 3.65. The fourth-order valence-electron chi connectivity index (χ4n) is 1.88. The zero-order valence-corrected chi connectivity index (χ0v) is 12.5. The van der Waals surface area contributed by atoms with Gasteiger partial charge >= 0.3 is 0 Å². The highest BCUT2D eigenvalue weighted by Gasteiger charge is 2.12. The van der Waals surface area contributed by atoms with Crippen LogP contribution in [0.25, 0.3) is 0 Å². The Morgan fingerprint density at radius 1 is 1.24 bits per heavy atom. The Morgan fingerprint density at radius 2 is 2.00 bits per heavy atom. The average molecular weight is 311 g/mol. The smallest absolute Gasteiger partial charge is 0.161 e. The second kappa shape index (κ2) is 6.78. The van der Waals surface area contributed by atoms with E-state index in [9.17, 15) is 9.50 Å². The van der Waals surface area contributed by atoms with Gasteiger partial charge in [-0.2, -0.15) is 0 Å². The summed E-state index contributed by atoms with van der Waals surface area (Å²) in [5.41, 5.74) is 1.00. The summed E-state index contributed by atoms with van der Waals surface area (Å²) < 4.78 is 24.5. The lowest BCUT2D eigenvalue weighted by atomic mass is 10.1. The summed E-state index contributed by atoms with van der Waals surface area (Å²) in [5, 5.41) is 9.87. The molecule has 0 aliphatic heterocycles. The van der Waals surface area contributed by atoms with Gasteiger partial charge in [0.05, 0.1) is 18.2 Å². The van der Waals surface area contributed by atoms with Gasteiger partial charge < -0.3 is 14.6 Å². The number of halogens is 2. The highest BCUT2D eigenvalue weighted by molar-refractivity contribution is 6.31. The Hall–Kier alpha value is -1.78. The molecule has 0 aliphatic carbocycles. The molecule has 0 aromatic heterocycles. The summed E-state index contributed by atoms with van der Waals surface area (Å²) in [5.74, 6) is 0.518. The van der Waals surface area contributed by atoms with Crippen molar-refractivity contribution in [2.75, 3.05) is 7.11 Å². The van der Waals surface area contributed by atoms with Crippen molar-refractivity contribution in [1.82, 2.24) is 0 Å². The number of rotatable bonds is 5. The van der Waals surface area contributed by atoms with E-state index >= 15 is 0 Å². The second-order valence-electron chi connectivity index (χ2n) is 4.58. The number of methoxy groups -OCH3 is 1. The van der Waals surface area contributed by atoms with Gasteiger partial charge in [0.15, 0.2) is 11.5 Å². The Kier molecular flexibility index (Phi) is 5.04. The van der Waals surface area contributed by atoms with Crippen molar-refractivity contribution in [1.29, 1.82) is 0 Å². The first kappa shape index (κ1) is 15.6. The molecule has 2 aromatic carbocycles. The third-order valence-corrected chi connectivity index (χ3v) is 3.46. The van der Waals surface area contributed by atoms with Gasteiger partial charge in [-0.1, -0.05) is 23.7 Å². The predicted octanol–water partition coefficient (Wildman–Crippen LogP) is 4.12. The summed E-state index contributed by atoms with van der Waals surface area (Å²) in [6.45, 7) is 1.66. The number of ether oxygens (including phenoxy) is 2. The van der Waals surface area contributed by atoms with Crippen molar-refractivity contribution in [3.8, 4) is 11.5 Å². The molecule has 1 N–H and O–H groups in total. The van der Waals surface area contributed by atoms with E-state index in [0.717, 1.165) is 0 Å². The highest BCUT2D eigenvalue weighted by Crippen LogP contribution is 2.31. The molecule has 0 saturated heterocycles. The van der Waals surface area contributed by atoms with Gasteiger partial charge in [-0.15, -0.1) is 0 Å². The largest absolute Gasteiger partial charge is 0.493 e. The maximum absolute atomic E-state index is 13.7. The maximum Gasteiger partial charge on any atom is 0.161 e. The van der Waals surface area contributed by atoms with Crippen LogP contribution >= 0.6 is 11.6 Å². The molecule has 21 heavy (non-hydrogen) atoms. The van der Waals surface area contributed by atoms with Crippen LogP contribution in [0.15, 0.2) is 36.4 Å². The molecule has 0 spiro atoms. The molecule has 0 bridgehead atoms. The van der Waals surface area contributed by atoms with Crippen molar-refractivity contribution >= 4 is 11.6 Å². The van der Waals surface area contributed by atoms with Crippen LogP contribution in [0.5, 0.6) is 11.5 Å². The predicted molar refractivity (Wildman–Crippen MR) is 79.4 cm³/mol. The first-order valence-electron chi connectivity index (χ1n) is 6.44. The summed E-state index contributed by atoms with van der Waals surface area (Å²) in [4.78, 5) is 0.